The van der Waals surface area contributed by atoms with Gasteiger partial charge in [0.15, 0.2) is 0 Å². The summed E-state index contributed by atoms with van der Waals surface area (Å²) in [4.78, 5) is 9.64. The van der Waals surface area contributed by atoms with Crippen molar-refractivity contribution in [2.24, 2.45) is 0 Å². The van der Waals surface area contributed by atoms with E-state index in [1.807, 2.05) is 0 Å². The van der Waals surface area contributed by atoms with E-state index < -0.39 is 11.9 Å². The van der Waals surface area contributed by atoms with E-state index in [1.165, 1.54) is 0 Å². The Balaban J connectivity index is 2.03. The Bertz CT molecular complexity index is 422. The Morgan fingerprint density at radius 3 is 2.95 bits per heavy atom. The summed E-state index contributed by atoms with van der Waals surface area (Å²) in [5, 5.41) is 2.99. The third-order valence-corrected chi connectivity index (χ3v) is 3.23. The van der Waals surface area contributed by atoms with Crippen LogP contribution in [-0.4, -0.2) is 40.5 Å². The normalized spacial score (nSPS) is 21.4. The molecule has 0 saturated carbocycles. The Hall–Kier alpha value is -1.37. The van der Waals surface area contributed by atoms with Crippen molar-refractivity contribution in [3.8, 4) is 0 Å². The van der Waals surface area contributed by atoms with E-state index >= 15 is 0 Å². The molecule has 1 aliphatic rings. The second-order valence-corrected chi connectivity index (χ2v) is 4.64. The molecule has 0 spiro atoms. The van der Waals surface area contributed by atoms with Crippen LogP contribution < -0.4 is 5.32 Å². The van der Waals surface area contributed by atoms with Gasteiger partial charge in [0.2, 0.25) is 5.95 Å². The van der Waals surface area contributed by atoms with E-state index in [9.17, 15) is 13.2 Å². The van der Waals surface area contributed by atoms with Crippen LogP contribution in [0.15, 0.2) is 12.3 Å². The number of hydrogen-bond acceptors (Lipinski definition) is 4. The predicted octanol–water partition coefficient (Wildman–Crippen LogP) is 2.39. The van der Waals surface area contributed by atoms with Crippen LogP contribution in [0.1, 0.15) is 25.5 Å². The zero-order valence-electron chi connectivity index (χ0n) is 10.7. The zero-order chi connectivity index (χ0) is 13.9. The SMILES string of the molecule is CCN1CCCC(Nc2nccc(C(F)(F)F)n2)C1. The van der Waals surface area contributed by atoms with E-state index in [0.29, 0.717) is 0 Å². The van der Waals surface area contributed by atoms with Crippen LogP contribution >= 0.6 is 0 Å². The maximum Gasteiger partial charge on any atom is 0.433 e. The molecular weight excluding hydrogens is 257 g/mol. The van der Waals surface area contributed by atoms with Crippen molar-refractivity contribution in [3.63, 3.8) is 0 Å². The van der Waals surface area contributed by atoms with E-state index in [2.05, 4.69) is 27.1 Å². The minimum absolute atomic E-state index is 0.0535. The maximum absolute atomic E-state index is 12.5. The standard InChI is InChI=1S/C12H17F3N4/c1-2-19-7-3-4-9(8-19)17-11-16-6-5-10(18-11)12(13,14)15/h5-6,9H,2-4,7-8H2,1H3,(H,16,17,18). The van der Waals surface area contributed by atoms with Crippen LogP contribution in [-0.2, 0) is 6.18 Å². The van der Waals surface area contributed by atoms with Gasteiger partial charge >= 0.3 is 6.18 Å². The molecule has 4 nitrogen and oxygen atoms in total. The molecule has 106 valence electrons. The van der Waals surface area contributed by atoms with Gasteiger partial charge in [-0.3, -0.25) is 0 Å². The molecule has 1 aliphatic heterocycles. The third-order valence-electron chi connectivity index (χ3n) is 3.23. The van der Waals surface area contributed by atoms with Gasteiger partial charge in [-0.1, -0.05) is 6.92 Å². The predicted molar refractivity (Wildman–Crippen MR) is 65.8 cm³/mol. The van der Waals surface area contributed by atoms with Gasteiger partial charge < -0.3 is 10.2 Å². The molecular formula is C12H17F3N4. The van der Waals surface area contributed by atoms with Gasteiger partial charge in [0.05, 0.1) is 0 Å². The average Bonchev–Trinajstić information content (AvgIpc) is 2.38. The number of rotatable bonds is 3. The summed E-state index contributed by atoms with van der Waals surface area (Å²) in [5.74, 6) is 0.0535. The molecule has 2 rings (SSSR count). The fourth-order valence-corrected chi connectivity index (χ4v) is 2.23. The van der Waals surface area contributed by atoms with Crippen LogP contribution in [0.3, 0.4) is 0 Å². The summed E-state index contributed by atoms with van der Waals surface area (Å²) in [7, 11) is 0. The molecule has 7 heteroatoms. The molecule has 1 aromatic rings. The molecule has 0 amide bonds. The van der Waals surface area contributed by atoms with Crippen LogP contribution in [0.4, 0.5) is 19.1 Å². The number of piperidine rings is 1. The lowest BCUT2D eigenvalue weighted by Crippen LogP contribution is -2.42. The van der Waals surface area contributed by atoms with Crippen LogP contribution in [0.5, 0.6) is 0 Å². The third kappa shape index (κ3) is 3.79. The van der Waals surface area contributed by atoms with Crippen molar-refractivity contribution in [1.29, 1.82) is 0 Å². The summed E-state index contributed by atoms with van der Waals surface area (Å²) < 4.78 is 37.6. The van der Waals surface area contributed by atoms with Crippen molar-refractivity contribution in [2.45, 2.75) is 32.0 Å². The van der Waals surface area contributed by atoms with Gasteiger partial charge in [-0.05, 0) is 32.0 Å². The molecule has 0 aromatic carbocycles. The number of nitrogens with zero attached hydrogens (tertiary/aromatic N) is 3. The van der Waals surface area contributed by atoms with Crippen LogP contribution in [0.25, 0.3) is 0 Å². The molecule has 0 bridgehead atoms. The van der Waals surface area contributed by atoms with Gasteiger partial charge in [0, 0.05) is 18.8 Å². The number of likely N-dealkylation sites (N-methyl/N-ethyl adjacent to an activating group) is 1. The Morgan fingerprint density at radius 2 is 2.26 bits per heavy atom. The first-order valence-electron chi connectivity index (χ1n) is 6.38. The van der Waals surface area contributed by atoms with Crippen molar-refractivity contribution >= 4 is 5.95 Å². The highest BCUT2D eigenvalue weighted by Gasteiger charge is 2.33. The first kappa shape index (κ1) is 14.0. The van der Waals surface area contributed by atoms with Crippen LogP contribution in [0.2, 0.25) is 0 Å². The van der Waals surface area contributed by atoms with E-state index in [1.54, 1.807) is 0 Å². The second kappa shape index (κ2) is 5.73. The molecule has 0 radical (unpaired) electrons. The van der Waals surface area contributed by atoms with Crippen molar-refractivity contribution < 1.29 is 13.2 Å². The van der Waals surface area contributed by atoms with Crippen molar-refractivity contribution in [2.75, 3.05) is 25.0 Å². The lowest BCUT2D eigenvalue weighted by atomic mass is 10.1. The van der Waals surface area contributed by atoms with Crippen molar-refractivity contribution in [3.05, 3.63) is 18.0 Å². The highest BCUT2D eigenvalue weighted by atomic mass is 19.4. The topological polar surface area (TPSA) is 41.0 Å². The summed E-state index contributed by atoms with van der Waals surface area (Å²) in [6.07, 6.45) is -1.33. The Kier molecular flexibility index (Phi) is 4.24. The summed E-state index contributed by atoms with van der Waals surface area (Å²) in [5.41, 5.74) is -0.909. The first-order valence-corrected chi connectivity index (χ1v) is 6.38. The van der Waals surface area contributed by atoms with Crippen LogP contribution in [0, 0.1) is 0 Å². The summed E-state index contributed by atoms with van der Waals surface area (Å²) in [6, 6.07) is 0.988. The first-order chi connectivity index (χ1) is 8.99. The second-order valence-electron chi connectivity index (χ2n) is 4.64. The number of nitrogens with one attached hydrogen (secondary N) is 1. The Morgan fingerprint density at radius 1 is 1.47 bits per heavy atom. The lowest BCUT2D eigenvalue weighted by Gasteiger charge is -2.32. The smallest absolute Gasteiger partial charge is 0.350 e. The quantitative estimate of drug-likeness (QED) is 0.919. The van der Waals surface area contributed by atoms with E-state index in [-0.39, 0.29) is 12.0 Å². The molecule has 1 saturated heterocycles. The number of hydrogen-bond donors (Lipinski definition) is 1. The molecule has 1 atom stereocenters. The van der Waals surface area contributed by atoms with Gasteiger partial charge in [0.1, 0.15) is 5.69 Å². The molecule has 1 N–H and O–H groups in total. The summed E-state index contributed by atoms with van der Waals surface area (Å²) >= 11 is 0. The van der Waals surface area contributed by atoms with E-state index in [0.717, 1.165) is 44.7 Å². The highest BCUT2D eigenvalue weighted by molar-refractivity contribution is 5.28. The number of aromatic nitrogens is 2. The molecule has 19 heavy (non-hydrogen) atoms. The summed E-state index contributed by atoms with van der Waals surface area (Å²) in [6.45, 7) is 4.87. The van der Waals surface area contributed by atoms with E-state index in [4.69, 9.17) is 0 Å². The number of halogens is 3. The number of likely N-dealkylation sites (tertiary alicyclic amines) is 1. The van der Waals surface area contributed by atoms with Gasteiger partial charge in [0.25, 0.3) is 0 Å². The number of anilines is 1. The molecule has 0 aliphatic carbocycles. The lowest BCUT2D eigenvalue weighted by molar-refractivity contribution is -0.141. The Labute approximate surface area is 110 Å². The molecule has 2 heterocycles. The number of alkyl halides is 3. The fourth-order valence-electron chi connectivity index (χ4n) is 2.23. The fraction of sp³-hybridized carbons (Fsp3) is 0.667. The van der Waals surface area contributed by atoms with Gasteiger partial charge in [-0.15, -0.1) is 0 Å². The zero-order valence-corrected chi connectivity index (χ0v) is 10.7. The minimum Gasteiger partial charge on any atom is -0.350 e. The minimum atomic E-state index is -4.43. The molecule has 1 fully saturated rings. The average molecular weight is 274 g/mol. The molecule has 1 unspecified atom stereocenters. The molecule has 1 aromatic heterocycles. The monoisotopic (exact) mass is 274 g/mol. The van der Waals surface area contributed by atoms with Gasteiger partial charge in [-0.25, -0.2) is 9.97 Å². The maximum atomic E-state index is 12.5. The van der Waals surface area contributed by atoms with Gasteiger partial charge in [-0.2, -0.15) is 13.2 Å². The van der Waals surface area contributed by atoms with Crippen molar-refractivity contribution in [1.82, 2.24) is 14.9 Å². The highest BCUT2D eigenvalue weighted by Crippen LogP contribution is 2.27. The largest absolute Gasteiger partial charge is 0.433 e.